The summed E-state index contributed by atoms with van der Waals surface area (Å²) in [6.45, 7) is 3.65. The minimum Gasteiger partial charge on any atom is -0.337 e. The fourth-order valence-corrected chi connectivity index (χ4v) is 2.89. The Morgan fingerprint density at radius 1 is 1.56 bits per heavy atom. The summed E-state index contributed by atoms with van der Waals surface area (Å²) in [6, 6.07) is 1.77. The lowest BCUT2D eigenvalue weighted by molar-refractivity contribution is 0.0769. The van der Waals surface area contributed by atoms with Gasteiger partial charge >= 0.3 is 0 Å². The molecule has 1 amide bonds. The molecule has 0 spiro atoms. The Morgan fingerprint density at radius 2 is 2.31 bits per heavy atom. The molecule has 1 aromatic heterocycles. The standard InChI is InChI=1S/C11H15BrClNOS/c1-2-3-6-14(7-5-12)11(15)10-9(13)4-8-16-10/h4,8H,2-3,5-7H2,1H3. The minimum atomic E-state index is 0.0490. The summed E-state index contributed by atoms with van der Waals surface area (Å²) in [6.07, 6.45) is 2.12. The van der Waals surface area contributed by atoms with Crippen LogP contribution in [0.3, 0.4) is 0 Å². The molecule has 0 aliphatic carbocycles. The molecular formula is C11H15BrClNOS. The van der Waals surface area contributed by atoms with Crippen molar-refractivity contribution in [1.82, 2.24) is 4.90 Å². The number of unbranched alkanes of at least 4 members (excludes halogenated alkanes) is 1. The predicted molar refractivity (Wildman–Crippen MR) is 73.9 cm³/mol. The monoisotopic (exact) mass is 323 g/mol. The zero-order valence-corrected chi connectivity index (χ0v) is 12.4. The van der Waals surface area contributed by atoms with Crippen molar-refractivity contribution < 1.29 is 4.79 Å². The van der Waals surface area contributed by atoms with E-state index in [1.165, 1.54) is 11.3 Å². The summed E-state index contributed by atoms with van der Waals surface area (Å²) < 4.78 is 0. The van der Waals surface area contributed by atoms with E-state index in [4.69, 9.17) is 11.6 Å². The van der Waals surface area contributed by atoms with Gasteiger partial charge in [0.05, 0.1) is 5.02 Å². The van der Waals surface area contributed by atoms with Gasteiger partial charge in [-0.1, -0.05) is 40.9 Å². The first kappa shape index (κ1) is 14.0. The molecule has 90 valence electrons. The summed E-state index contributed by atoms with van der Waals surface area (Å²) >= 11 is 10.7. The Hall–Kier alpha value is -0.0600. The van der Waals surface area contributed by atoms with Gasteiger partial charge in [0, 0.05) is 18.4 Å². The lowest BCUT2D eigenvalue weighted by atomic mass is 10.3. The van der Waals surface area contributed by atoms with Crippen LogP contribution in [0.4, 0.5) is 0 Å². The summed E-state index contributed by atoms with van der Waals surface area (Å²) in [4.78, 5) is 14.7. The van der Waals surface area contributed by atoms with E-state index in [0.29, 0.717) is 9.90 Å². The van der Waals surface area contributed by atoms with Crippen LogP contribution in [-0.4, -0.2) is 29.2 Å². The first-order chi connectivity index (χ1) is 7.70. The lowest BCUT2D eigenvalue weighted by Gasteiger charge is -2.20. The van der Waals surface area contributed by atoms with Crippen LogP contribution in [0.2, 0.25) is 5.02 Å². The van der Waals surface area contributed by atoms with Gasteiger partial charge in [-0.05, 0) is 17.9 Å². The SMILES string of the molecule is CCCCN(CCBr)C(=O)c1sccc1Cl. The second-order valence-electron chi connectivity index (χ2n) is 3.43. The van der Waals surface area contributed by atoms with Gasteiger partial charge in [0.2, 0.25) is 0 Å². The van der Waals surface area contributed by atoms with Gasteiger partial charge in [0.25, 0.3) is 5.91 Å². The molecular weight excluding hydrogens is 310 g/mol. The normalized spacial score (nSPS) is 10.4. The third-order valence-electron chi connectivity index (χ3n) is 2.23. The van der Waals surface area contributed by atoms with Gasteiger partial charge in [0.15, 0.2) is 0 Å². The Kier molecular flexibility index (Phi) is 6.39. The van der Waals surface area contributed by atoms with Crippen LogP contribution in [0, 0.1) is 0 Å². The van der Waals surface area contributed by atoms with Crippen molar-refractivity contribution in [3.8, 4) is 0 Å². The van der Waals surface area contributed by atoms with Crippen LogP contribution in [0.25, 0.3) is 0 Å². The highest BCUT2D eigenvalue weighted by atomic mass is 79.9. The van der Waals surface area contributed by atoms with Gasteiger partial charge in [0.1, 0.15) is 4.88 Å². The smallest absolute Gasteiger partial charge is 0.265 e. The first-order valence-electron chi connectivity index (χ1n) is 5.29. The van der Waals surface area contributed by atoms with Crippen molar-refractivity contribution in [2.45, 2.75) is 19.8 Å². The molecule has 0 bridgehead atoms. The maximum atomic E-state index is 12.2. The summed E-state index contributed by atoms with van der Waals surface area (Å²) in [7, 11) is 0. The van der Waals surface area contributed by atoms with E-state index < -0.39 is 0 Å². The topological polar surface area (TPSA) is 20.3 Å². The molecule has 0 N–H and O–H groups in total. The number of hydrogen-bond donors (Lipinski definition) is 0. The van der Waals surface area contributed by atoms with Crippen molar-refractivity contribution in [1.29, 1.82) is 0 Å². The van der Waals surface area contributed by atoms with Gasteiger partial charge in [-0.15, -0.1) is 11.3 Å². The van der Waals surface area contributed by atoms with Crippen LogP contribution in [0.15, 0.2) is 11.4 Å². The zero-order valence-electron chi connectivity index (χ0n) is 9.21. The largest absolute Gasteiger partial charge is 0.337 e. The highest BCUT2D eigenvalue weighted by Crippen LogP contribution is 2.23. The van der Waals surface area contributed by atoms with Gasteiger partial charge in [-0.2, -0.15) is 0 Å². The quantitative estimate of drug-likeness (QED) is 0.723. The number of thiophene rings is 1. The number of carbonyl (C=O) groups is 1. The van der Waals surface area contributed by atoms with Crippen molar-refractivity contribution in [2.75, 3.05) is 18.4 Å². The highest BCUT2D eigenvalue weighted by Gasteiger charge is 2.18. The van der Waals surface area contributed by atoms with Crippen LogP contribution >= 0.6 is 38.9 Å². The molecule has 0 saturated carbocycles. The third-order valence-corrected chi connectivity index (χ3v) is 3.92. The van der Waals surface area contributed by atoms with Crippen molar-refractivity contribution in [3.05, 3.63) is 21.3 Å². The van der Waals surface area contributed by atoms with Crippen molar-refractivity contribution in [2.24, 2.45) is 0 Å². The maximum Gasteiger partial charge on any atom is 0.265 e. The van der Waals surface area contributed by atoms with E-state index in [1.54, 1.807) is 6.07 Å². The van der Waals surface area contributed by atoms with E-state index >= 15 is 0 Å². The average molecular weight is 325 g/mol. The third kappa shape index (κ3) is 3.75. The molecule has 1 aromatic rings. The fourth-order valence-electron chi connectivity index (χ4n) is 1.36. The van der Waals surface area contributed by atoms with Gasteiger partial charge in [-0.25, -0.2) is 0 Å². The van der Waals surface area contributed by atoms with Gasteiger partial charge < -0.3 is 4.90 Å². The molecule has 5 heteroatoms. The average Bonchev–Trinajstić information content (AvgIpc) is 2.69. The molecule has 0 unspecified atom stereocenters. The molecule has 0 aliphatic heterocycles. The molecule has 16 heavy (non-hydrogen) atoms. The summed E-state index contributed by atoms with van der Waals surface area (Å²) in [5.74, 6) is 0.0490. The van der Waals surface area contributed by atoms with E-state index in [1.807, 2.05) is 10.3 Å². The molecule has 0 atom stereocenters. The molecule has 0 aliphatic rings. The molecule has 0 saturated heterocycles. The number of amides is 1. The second-order valence-corrected chi connectivity index (χ2v) is 5.55. The Balaban J connectivity index is 2.70. The zero-order chi connectivity index (χ0) is 12.0. The van der Waals surface area contributed by atoms with Gasteiger partial charge in [-0.3, -0.25) is 4.79 Å². The molecule has 0 fully saturated rings. The fraction of sp³-hybridized carbons (Fsp3) is 0.545. The van der Waals surface area contributed by atoms with Crippen molar-refractivity contribution >= 4 is 44.8 Å². The minimum absolute atomic E-state index is 0.0490. The van der Waals surface area contributed by atoms with Crippen LogP contribution in [0.1, 0.15) is 29.4 Å². The number of alkyl halides is 1. The molecule has 1 heterocycles. The number of nitrogens with zero attached hydrogens (tertiary/aromatic N) is 1. The van der Waals surface area contributed by atoms with E-state index in [2.05, 4.69) is 22.9 Å². The summed E-state index contributed by atoms with van der Waals surface area (Å²) in [5, 5.41) is 3.21. The van der Waals surface area contributed by atoms with E-state index in [0.717, 1.165) is 31.3 Å². The molecule has 0 aromatic carbocycles. The maximum absolute atomic E-state index is 12.2. The van der Waals surface area contributed by atoms with E-state index in [9.17, 15) is 4.79 Å². The van der Waals surface area contributed by atoms with Crippen LogP contribution in [-0.2, 0) is 0 Å². The van der Waals surface area contributed by atoms with Crippen molar-refractivity contribution in [3.63, 3.8) is 0 Å². The van der Waals surface area contributed by atoms with E-state index in [-0.39, 0.29) is 5.91 Å². The predicted octanol–water partition coefficient (Wildman–Crippen LogP) is 4.04. The number of rotatable bonds is 6. The first-order valence-corrected chi connectivity index (χ1v) is 7.66. The molecule has 2 nitrogen and oxygen atoms in total. The number of carbonyl (C=O) groups excluding carboxylic acids is 1. The van der Waals surface area contributed by atoms with Crippen LogP contribution in [0.5, 0.6) is 0 Å². The number of hydrogen-bond acceptors (Lipinski definition) is 2. The highest BCUT2D eigenvalue weighted by molar-refractivity contribution is 9.09. The molecule has 1 rings (SSSR count). The Morgan fingerprint density at radius 3 is 2.81 bits per heavy atom. The lowest BCUT2D eigenvalue weighted by Crippen LogP contribution is -2.33. The Labute approximate surface area is 114 Å². The molecule has 0 radical (unpaired) electrons. The second kappa shape index (κ2) is 7.30. The number of halogens is 2. The van der Waals surface area contributed by atoms with Crippen LogP contribution < -0.4 is 0 Å². The summed E-state index contributed by atoms with van der Waals surface area (Å²) in [5.41, 5.74) is 0. The Bertz CT molecular complexity index is 342.